The van der Waals surface area contributed by atoms with Crippen molar-refractivity contribution in [1.82, 2.24) is 9.97 Å². The molecule has 2 rings (SSSR count). The predicted octanol–water partition coefficient (Wildman–Crippen LogP) is 0.126. The molecule has 8 nitrogen and oxygen atoms in total. The van der Waals surface area contributed by atoms with E-state index in [9.17, 15) is 0 Å². The van der Waals surface area contributed by atoms with Crippen LogP contribution in [0, 0.1) is 0 Å². The van der Waals surface area contributed by atoms with Crippen molar-refractivity contribution in [3.63, 3.8) is 0 Å². The Bertz CT molecular complexity index is 437. The third-order valence-corrected chi connectivity index (χ3v) is 3.29. The van der Waals surface area contributed by atoms with Crippen LogP contribution >= 0.6 is 0 Å². The topological polar surface area (TPSA) is 104 Å². The first-order valence-electron chi connectivity index (χ1n) is 6.41. The molecule has 0 radical (unpaired) electrons. The van der Waals surface area contributed by atoms with Crippen molar-refractivity contribution in [3.8, 4) is 0 Å². The van der Waals surface area contributed by atoms with E-state index in [0.717, 1.165) is 6.42 Å². The lowest BCUT2D eigenvalue weighted by Gasteiger charge is -2.26. The van der Waals surface area contributed by atoms with Crippen molar-refractivity contribution >= 4 is 11.6 Å². The number of nitrogens with one attached hydrogen (secondary N) is 2. The van der Waals surface area contributed by atoms with E-state index in [0.29, 0.717) is 43.8 Å². The molecule has 0 aromatic carbocycles. The number of hydrogen-bond donors (Lipinski definition) is 3. The molecule has 4 N–H and O–H groups in total. The Labute approximate surface area is 118 Å². The van der Waals surface area contributed by atoms with Crippen LogP contribution in [0.15, 0.2) is 6.07 Å². The molecule has 112 valence electrons. The van der Waals surface area contributed by atoms with E-state index < -0.39 is 0 Å². The minimum absolute atomic E-state index is 0.303. The number of hydrogen-bond acceptors (Lipinski definition) is 8. The molecule has 1 aliphatic rings. The summed E-state index contributed by atoms with van der Waals surface area (Å²) in [5.41, 5.74) is 2.21. The highest BCUT2D eigenvalue weighted by Gasteiger charge is 2.34. The molecule has 1 fully saturated rings. The molecule has 8 heteroatoms. The smallest absolute Gasteiger partial charge is 0.158 e. The maximum atomic E-state index is 5.56. The van der Waals surface area contributed by atoms with Gasteiger partial charge in [-0.1, -0.05) is 0 Å². The number of hydrazine groups is 1. The van der Waals surface area contributed by atoms with Crippen molar-refractivity contribution in [2.75, 3.05) is 44.7 Å². The molecule has 0 spiro atoms. The fourth-order valence-electron chi connectivity index (χ4n) is 2.07. The monoisotopic (exact) mass is 283 g/mol. The van der Waals surface area contributed by atoms with Crippen molar-refractivity contribution in [2.24, 2.45) is 5.84 Å². The molecule has 1 aromatic rings. The maximum absolute atomic E-state index is 5.56. The molecule has 0 aliphatic carbocycles. The minimum Gasteiger partial charge on any atom is -0.378 e. The first kappa shape index (κ1) is 14.9. The summed E-state index contributed by atoms with van der Waals surface area (Å²) >= 11 is 0. The van der Waals surface area contributed by atoms with Crippen LogP contribution in [0.5, 0.6) is 0 Å². The number of nitrogens with two attached hydrogens (primary N) is 1. The Balaban J connectivity index is 2.06. The fraction of sp³-hybridized carbons (Fsp3) is 0.667. The number of nitrogen functional groups attached to an aromatic ring is 1. The SMILES string of the molecule is COCc1nc(NN)cc(NCC2(OC)CCOC2)n1. The highest BCUT2D eigenvalue weighted by molar-refractivity contribution is 5.47. The summed E-state index contributed by atoms with van der Waals surface area (Å²) in [5.74, 6) is 7.16. The zero-order valence-electron chi connectivity index (χ0n) is 11.8. The van der Waals surface area contributed by atoms with E-state index in [-0.39, 0.29) is 5.60 Å². The van der Waals surface area contributed by atoms with Crippen LogP contribution in [0.4, 0.5) is 11.6 Å². The van der Waals surface area contributed by atoms with Gasteiger partial charge in [0.2, 0.25) is 0 Å². The zero-order valence-corrected chi connectivity index (χ0v) is 11.8. The second kappa shape index (κ2) is 6.80. The molecule has 1 saturated heterocycles. The summed E-state index contributed by atoms with van der Waals surface area (Å²) in [6, 6.07) is 1.73. The Hall–Kier alpha value is -1.48. The van der Waals surface area contributed by atoms with E-state index in [1.54, 1.807) is 20.3 Å². The number of methoxy groups -OCH3 is 2. The van der Waals surface area contributed by atoms with Gasteiger partial charge in [-0.2, -0.15) is 0 Å². The molecule has 1 unspecified atom stereocenters. The highest BCUT2D eigenvalue weighted by Crippen LogP contribution is 2.23. The summed E-state index contributed by atoms with van der Waals surface area (Å²) in [4.78, 5) is 8.55. The average Bonchev–Trinajstić information content (AvgIpc) is 2.95. The fourth-order valence-corrected chi connectivity index (χ4v) is 2.07. The molecule has 1 aromatic heterocycles. The Morgan fingerprint density at radius 3 is 2.80 bits per heavy atom. The van der Waals surface area contributed by atoms with Crippen LogP contribution in [0.3, 0.4) is 0 Å². The summed E-state index contributed by atoms with van der Waals surface area (Å²) in [5, 5.41) is 3.24. The summed E-state index contributed by atoms with van der Waals surface area (Å²) in [6.45, 7) is 2.22. The van der Waals surface area contributed by atoms with Crippen LogP contribution in [0.1, 0.15) is 12.2 Å². The van der Waals surface area contributed by atoms with Gasteiger partial charge in [0.15, 0.2) is 5.82 Å². The Morgan fingerprint density at radius 2 is 2.20 bits per heavy atom. The average molecular weight is 283 g/mol. The first-order valence-corrected chi connectivity index (χ1v) is 6.41. The maximum Gasteiger partial charge on any atom is 0.158 e. The van der Waals surface area contributed by atoms with Gasteiger partial charge in [0.05, 0.1) is 6.61 Å². The predicted molar refractivity (Wildman–Crippen MR) is 74.2 cm³/mol. The van der Waals surface area contributed by atoms with Gasteiger partial charge in [0.25, 0.3) is 0 Å². The molecule has 20 heavy (non-hydrogen) atoms. The van der Waals surface area contributed by atoms with Crippen molar-refractivity contribution in [2.45, 2.75) is 18.6 Å². The molecule has 1 aliphatic heterocycles. The quantitative estimate of drug-likeness (QED) is 0.479. The Kier molecular flexibility index (Phi) is 5.07. The molecule has 0 saturated carbocycles. The van der Waals surface area contributed by atoms with E-state index in [2.05, 4.69) is 20.7 Å². The zero-order chi connectivity index (χ0) is 14.4. The third-order valence-electron chi connectivity index (χ3n) is 3.29. The van der Waals surface area contributed by atoms with Crippen molar-refractivity contribution in [1.29, 1.82) is 0 Å². The van der Waals surface area contributed by atoms with Crippen LogP contribution in [0.2, 0.25) is 0 Å². The number of aromatic nitrogens is 2. The lowest BCUT2D eigenvalue weighted by Crippen LogP contribution is -2.39. The molecule has 2 heterocycles. The number of anilines is 2. The van der Waals surface area contributed by atoms with Crippen molar-refractivity contribution < 1.29 is 14.2 Å². The van der Waals surface area contributed by atoms with Gasteiger partial charge >= 0.3 is 0 Å². The van der Waals surface area contributed by atoms with Gasteiger partial charge in [-0.15, -0.1) is 0 Å². The molecule has 1 atom stereocenters. The minimum atomic E-state index is -0.303. The highest BCUT2D eigenvalue weighted by atomic mass is 16.5. The van der Waals surface area contributed by atoms with Gasteiger partial charge in [-0.05, 0) is 0 Å². The molecular formula is C12H21N5O3. The number of nitrogens with zero attached hydrogens (tertiary/aromatic N) is 2. The summed E-state index contributed by atoms with van der Waals surface area (Å²) in [6.07, 6.45) is 0.856. The molecule has 0 bridgehead atoms. The number of ether oxygens (including phenoxy) is 3. The van der Waals surface area contributed by atoms with Gasteiger partial charge in [0.1, 0.15) is 23.8 Å². The van der Waals surface area contributed by atoms with Gasteiger partial charge in [-0.25, -0.2) is 15.8 Å². The molecule has 0 amide bonds. The van der Waals surface area contributed by atoms with Gasteiger partial charge in [-0.3, -0.25) is 0 Å². The van der Waals surface area contributed by atoms with Crippen LogP contribution in [0.25, 0.3) is 0 Å². The van der Waals surface area contributed by atoms with E-state index in [1.807, 2.05) is 0 Å². The third kappa shape index (κ3) is 3.54. The normalized spacial score (nSPS) is 21.9. The van der Waals surface area contributed by atoms with Crippen LogP contribution < -0.4 is 16.6 Å². The van der Waals surface area contributed by atoms with Crippen molar-refractivity contribution in [3.05, 3.63) is 11.9 Å². The van der Waals surface area contributed by atoms with Crippen LogP contribution in [-0.2, 0) is 20.8 Å². The summed E-state index contributed by atoms with van der Waals surface area (Å²) in [7, 11) is 3.29. The van der Waals surface area contributed by atoms with Gasteiger partial charge in [0, 0.05) is 39.9 Å². The second-order valence-corrected chi connectivity index (χ2v) is 4.68. The first-order chi connectivity index (χ1) is 9.71. The molecular weight excluding hydrogens is 262 g/mol. The van der Waals surface area contributed by atoms with Gasteiger partial charge < -0.3 is 25.0 Å². The standard InChI is InChI=1S/C12H21N5O3/c1-18-6-11-15-9(5-10(16-11)17-13)14-7-12(19-2)3-4-20-8-12/h5H,3-4,6-8,13H2,1-2H3,(H2,14,15,16,17). The lowest BCUT2D eigenvalue weighted by atomic mass is 10.0. The Morgan fingerprint density at radius 1 is 1.40 bits per heavy atom. The lowest BCUT2D eigenvalue weighted by molar-refractivity contribution is -0.00626. The van der Waals surface area contributed by atoms with E-state index >= 15 is 0 Å². The largest absolute Gasteiger partial charge is 0.378 e. The second-order valence-electron chi connectivity index (χ2n) is 4.68. The summed E-state index contributed by atoms with van der Waals surface area (Å²) < 4.78 is 16.0. The van der Waals surface area contributed by atoms with E-state index in [4.69, 9.17) is 20.1 Å². The van der Waals surface area contributed by atoms with E-state index in [1.165, 1.54) is 0 Å². The van der Waals surface area contributed by atoms with Crippen LogP contribution in [-0.4, -0.2) is 49.5 Å². The number of rotatable bonds is 7.